The van der Waals surface area contributed by atoms with Crippen molar-refractivity contribution >= 4 is 21.5 Å². The number of aliphatic hydroxyl groups is 1. The molecule has 0 fully saturated rings. The van der Waals surface area contributed by atoms with Crippen LogP contribution in [0.25, 0.3) is 21.5 Å². The van der Waals surface area contributed by atoms with Crippen molar-refractivity contribution in [3.63, 3.8) is 0 Å². The normalized spacial score (nSPS) is 12.0. The Morgan fingerprint density at radius 2 is 1.40 bits per heavy atom. The Labute approximate surface area is 174 Å². The van der Waals surface area contributed by atoms with Gasteiger partial charge in [-0.05, 0) is 46.7 Å². The first-order valence-electron chi connectivity index (χ1n) is 9.44. The van der Waals surface area contributed by atoms with Gasteiger partial charge in [0.1, 0.15) is 6.10 Å². The SMILES string of the molecule is COc1cc2ccnc(C(O)c3ccc4c(OC)c(OC)ccc4c3)c2cc1OC. The van der Waals surface area contributed by atoms with Gasteiger partial charge in [-0.1, -0.05) is 18.2 Å². The van der Waals surface area contributed by atoms with Crippen molar-refractivity contribution in [1.82, 2.24) is 4.98 Å². The Hall–Kier alpha value is -3.51. The Morgan fingerprint density at radius 1 is 0.700 bits per heavy atom. The van der Waals surface area contributed by atoms with Gasteiger partial charge in [-0.2, -0.15) is 0 Å². The van der Waals surface area contributed by atoms with Crippen LogP contribution in [-0.4, -0.2) is 38.5 Å². The largest absolute Gasteiger partial charge is 0.493 e. The number of pyridine rings is 1. The molecule has 3 aromatic carbocycles. The minimum atomic E-state index is -0.913. The fourth-order valence-electron chi connectivity index (χ4n) is 3.74. The highest BCUT2D eigenvalue weighted by Crippen LogP contribution is 2.39. The molecule has 0 saturated carbocycles. The molecule has 0 aliphatic carbocycles. The first-order valence-corrected chi connectivity index (χ1v) is 9.44. The molecule has 4 rings (SSSR count). The summed E-state index contributed by atoms with van der Waals surface area (Å²) in [5, 5.41) is 14.7. The summed E-state index contributed by atoms with van der Waals surface area (Å²) >= 11 is 0. The number of aliphatic hydroxyl groups excluding tert-OH is 1. The highest BCUT2D eigenvalue weighted by Gasteiger charge is 2.19. The maximum atomic E-state index is 11.2. The highest BCUT2D eigenvalue weighted by atomic mass is 16.5. The molecule has 6 nitrogen and oxygen atoms in total. The summed E-state index contributed by atoms with van der Waals surface area (Å²) in [5.74, 6) is 2.54. The number of rotatable bonds is 6. The molecule has 4 aromatic rings. The molecule has 0 bridgehead atoms. The van der Waals surface area contributed by atoms with E-state index in [4.69, 9.17) is 18.9 Å². The molecule has 1 N–H and O–H groups in total. The maximum absolute atomic E-state index is 11.2. The first-order chi connectivity index (χ1) is 14.6. The fraction of sp³-hybridized carbons (Fsp3) is 0.208. The van der Waals surface area contributed by atoms with Crippen LogP contribution in [0.4, 0.5) is 0 Å². The number of benzene rings is 3. The summed E-state index contributed by atoms with van der Waals surface area (Å²) in [7, 11) is 6.40. The van der Waals surface area contributed by atoms with Crippen molar-refractivity contribution < 1.29 is 24.1 Å². The zero-order valence-electron chi connectivity index (χ0n) is 17.3. The smallest absolute Gasteiger partial charge is 0.168 e. The Bertz CT molecular complexity index is 1220. The van der Waals surface area contributed by atoms with E-state index in [2.05, 4.69) is 4.98 Å². The fourth-order valence-corrected chi connectivity index (χ4v) is 3.74. The van der Waals surface area contributed by atoms with E-state index in [1.165, 1.54) is 0 Å². The molecular weight excluding hydrogens is 382 g/mol. The van der Waals surface area contributed by atoms with Crippen molar-refractivity contribution in [2.45, 2.75) is 6.10 Å². The molecule has 0 aliphatic heterocycles. The molecule has 30 heavy (non-hydrogen) atoms. The standard InChI is InChI=1S/C24H23NO5/c1-27-19-8-6-14-11-16(5-7-17(14)24(19)30-4)23(26)22-18-13-21(29-3)20(28-2)12-15(18)9-10-25-22/h5-13,23,26H,1-4H3. The summed E-state index contributed by atoms with van der Waals surface area (Å²) in [6, 6.07) is 15.1. The second-order valence-corrected chi connectivity index (χ2v) is 6.81. The summed E-state index contributed by atoms with van der Waals surface area (Å²) in [5.41, 5.74) is 1.28. The van der Waals surface area contributed by atoms with E-state index in [1.807, 2.05) is 48.5 Å². The quantitative estimate of drug-likeness (QED) is 0.509. The average molecular weight is 405 g/mol. The lowest BCUT2D eigenvalue weighted by molar-refractivity contribution is 0.217. The van der Waals surface area contributed by atoms with E-state index in [0.717, 1.165) is 27.1 Å². The predicted molar refractivity (Wildman–Crippen MR) is 116 cm³/mol. The number of methoxy groups -OCH3 is 4. The maximum Gasteiger partial charge on any atom is 0.168 e. The van der Waals surface area contributed by atoms with Crippen LogP contribution in [0.3, 0.4) is 0 Å². The number of aromatic nitrogens is 1. The number of hydrogen-bond donors (Lipinski definition) is 1. The number of nitrogens with zero attached hydrogens (tertiary/aromatic N) is 1. The van der Waals surface area contributed by atoms with Gasteiger partial charge in [-0.3, -0.25) is 4.98 Å². The van der Waals surface area contributed by atoms with E-state index in [1.54, 1.807) is 34.6 Å². The van der Waals surface area contributed by atoms with Gasteiger partial charge in [0.2, 0.25) is 0 Å². The molecule has 0 aliphatic rings. The zero-order valence-corrected chi connectivity index (χ0v) is 17.3. The molecule has 1 unspecified atom stereocenters. The minimum absolute atomic E-state index is 0.549. The van der Waals surface area contributed by atoms with Gasteiger partial charge in [-0.15, -0.1) is 0 Å². The van der Waals surface area contributed by atoms with Crippen molar-refractivity contribution in [2.75, 3.05) is 28.4 Å². The van der Waals surface area contributed by atoms with Crippen LogP contribution in [0.2, 0.25) is 0 Å². The topological polar surface area (TPSA) is 70.0 Å². The molecule has 1 atom stereocenters. The van der Waals surface area contributed by atoms with Gasteiger partial charge in [-0.25, -0.2) is 0 Å². The highest BCUT2D eigenvalue weighted by molar-refractivity contribution is 5.92. The summed E-state index contributed by atoms with van der Waals surface area (Å²) in [6.45, 7) is 0. The third kappa shape index (κ3) is 3.25. The molecule has 1 aromatic heterocycles. The van der Waals surface area contributed by atoms with Gasteiger partial charge < -0.3 is 24.1 Å². The van der Waals surface area contributed by atoms with Gasteiger partial charge >= 0.3 is 0 Å². The number of hydrogen-bond acceptors (Lipinski definition) is 6. The van der Waals surface area contributed by atoms with E-state index >= 15 is 0 Å². The lowest BCUT2D eigenvalue weighted by Crippen LogP contribution is -2.04. The Kier molecular flexibility index (Phi) is 5.33. The number of ether oxygens (including phenoxy) is 4. The molecule has 154 valence electrons. The molecule has 0 spiro atoms. The zero-order chi connectivity index (χ0) is 21.3. The second-order valence-electron chi connectivity index (χ2n) is 6.81. The predicted octanol–water partition coefficient (Wildman–Crippen LogP) is 4.50. The van der Waals surface area contributed by atoms with Crippen LogP contribution >= 0.6 is 0 Å². The Balaban J connectivity index is 1.83. The molecule has 0 radical (unpaired) electrons. The Morgan fingerprint density at radius 3 is 2.10 bits per heavy atom. The van der Waals surface area contributed by atoms with E-state index in [9.17, 15) is 5.11 Å². The lowest BCUT2D eigenvalue weighted by atomic mass is 9.97. The monoisotopic (exact) mass is 405 g/mol. The van der Waals surface area contributed by atoms with Gasteiger partial charge in [0.05, 0.1) is 34.1 Å². The van der Waals surface area contributed by atoms with Crippen molar-refractivity contribution in [1.29, 1.82) is 0 Å². The summed E-state index contributed by atoms with van der Waals surface area (Å²) in [6.07, 6.45) is 0.770. The third-order valence-electron chi connectivity index (χ3n) is 5.26. The van der Waals surface area contributed by atoms with E-state index < -0.39 is 6.10 Å². The second kappa shape index (κ2) is 8.08. The average Bonchev–Trinajstić information content (AvgIpc) is 2.80. The van der Waals surface area contributed by atoms with E-state index in [-0.39, 0.29) is 0 Å². The first kappa shape index (κ1) is 19.8. The van der Waals surface area contributed by atoms with Crippen LogP contribution in [0.15, 0.2) is 54.7 Å². The van der Waals surface area contributed by atoms with Crippen molar-refractivity contribution in [3.8, 4) is 23.0 Å². The summed E-state index contributed by atoms with van der Waals surface area (Å²) < 4.78 is 21.7. The van der Waals surface area contributed by atoms with Crippen LogP contribution in [0, 0.1) is 0 Å². The lowest BCUT2D eigenvalue weighted by Gasteiger charge is -2.17. The van der Waals surface area contributed by atoms with E-state index in [0.29, 0.717) is 28.7 Å². The van der Waals surface area contributed by atoms with Crippen LogP contribution in [-0.2, 0) is 0 Å². The minimum Gasteiger partial charge on any atom is -0.493 e. The van der Waals surface area contributed by atoms with Crippen LogP contribution in [0.1, 0.15) is 17.4 Å². The van der Waals surface area contributed by atoms with Gasteiger partial charge in [0.15, 0.2) is 23.0 Å². The molecular formula is C24H23NO5. The summed E-state index contributed by atoms with van der Waals surface area (Å²) in [4.78, 5) is 4.46. The van der Waals surface area contributed by atoms with Crippen LogP contribution < -0.4 is 18.9 Å². The molecule has 0 amide bonds. The number of fused-ring (bicyclic) bond motifs is 2. The third-order valence-corrected chi connectivity index (χ3v) is 5.26. The molecule has 6 heteroatoms. The molecule has 1 heterocycles. The molecule has 0 saturated heterocycles. The van der Waals surface area contributed by atoms with Crippen molar-refractivity contribution in [3.05, 3.63) is 66.0 Å². The van der Waals surface area contributed by atoms with Crippen LogP contribution in [0.5, 0.6) is 23.0 Å². The van der Waals surface area contributed by atoms with Gasteiger partial charge in [0, 0.05) is 17.0 Å². The van der Waals surface area contributed by atoms with Crippen molar-refractivity contribution in [2.24, 2.45) is 0 Å². The van der Waals surface area contributed by atoms with Gasteiger partial charge in [0.25, 0.3) is 0 Å².